The predicted octanol–water partition coefficient (Wildman–Crippen LogP) is 1.63. The maximum absolute atomic E-state index is 12.6. The molecule has 6 nitrogen and oxygen atoms in total. The van der Waals surface area contributed by atoms with E-state index in [9.17, 15) is 9.59 Å². The van der Waals surface area contributed by atoms with E-state index in [0.717, 1.165) is 19.4 Å². The minimum Gasteiger partial charge on any atom is -0.378 e. The zero-order valence-electron chi connectivity index (χ0n) is 14.1. The van der Waals surface area contributed by atoms with Crippen LogP contribution in [-0.2, 0) is 9.53 Å². The number of morpholine rings is 1. The summed E-state index contributed by atoms with van der Waals surface area (Å²) in [5, 5.41) is 5.98. The van der Waals surface area contributed by atoms with Crippen molar-refractivity contribution < 1.29 is 14.3 Å². The molecule has 6 heteroatoms. The van der Waals surface area contributed by atoms with Gasteiger partial charge in [0.25, 0.3) is 5.91 Å². The minimum atomic E-state index is -0.325. The fraction of sp³-hybridized carbons (Fsp3) is 0.556. The van der Waals surface area contributed by atoms with Gasteiger partial charge in [0.2, 0.25) is 5.91 Å². The van der Waals surface area contributed by atoms with E-state index in [1.807, 2.05) is 4.90 Å². The third-order valence-corrected chi connectivity index (χ3v) is 4.70. The lowest BCUT2D eigenvalue weighted by Crippen LogP contribution is -2.48. The number of amides is 2. The lowest BCUT2D eigenvalue weighted by molar-refractivity contribution is -0.120. The zero-order valence-corrected chi connectivity index (χ0v) is 14.1. The Morgan fingerprint density at radius 3 is 2.71 bits per heavy atom. The van der Waals surface area contributed by atoms with Gasteiger partial charge in [0.15, 0.2) is 0 Å². The second-order valence-corrected chi connectivity index (χ2v) is 6.49. The Kier molecular flexibility index (Phi) is 5.48. The highest BCUT2D eigenvalue weighted by molar-refractivity contribution is 5.97. The Morgan fingerprint density at radius 2 is 2.04 bits per heavy atom. The molecule has 24 heavy (non-hydrogen) atoms. The maximum atomic E-state index is 12.6. The topological polar surface area (TPSA) is 70.7 Å². The van der Waals surface area contributed by atoms with E-state index in [1.165, 1.54) is 6.42 Å². The maximum Gasteiger partial charge on any atom is 0.254 e. The summed E-state index contributed by atoms with van der Waals surface area (Å²) in [5.74, 6) is -0.0409. The number of hydrogen-bond acceptors (Lipinski definition) is 4. The van der Waals surface area contributed by atoms with Crippen molar-refractivity contribution in [2.75, 3.05) is 31.6 Å². The summed E-state index contributed by atoms with van der Waals surface area (Å²) >= 11 is 0. The van der Waals surface area contributed by atoms with Gasteiger partial charge in [-0.25, -0.2) is 0 Å². The Balaban J connectivity index is 1.60. The average Bonchev–Trinajstić information content (AvgIpc) is 2.63. The summed E-state index contributed by atoms with van der Waals surface area (Å²) in [6.07, 6.45) is 3.33. The summed E-state index contributed by atoms with van der Waals surface area (Å²) in [7, 11) is 0. The molecule has 130 valence electrons. The molecule has 2 amide bonds. The number of ether oxygens (including phenoxy) is 1. The highest BCUT2D eigenvalue weighted by atomic mass is 16.5. The van der Waals surface area contributed by atoms with Crippen LogP contribution in [0.1, 0.15) is 36.5 Å². The van der Waals surface area contributed by atoms with Crippen LogP contribution < -0.4 is 10.6 Å². The normalized spacial score (nSPS) is 24.5. The quantitative estimate of drug-likeness (QED) is 0.883. The molecule has 0 spiro atoms. The van der Waals surface area contributed by atoms with Gasteiger partial charge in [0.1, 0.15) is 6.04 Å². The van der Waals surface area contributed by atoms with Crippen molar-refractivity contribution in [3.63, 3.8) is 0 Å². The number of carbonyl (C=O) groups is 2. The van der Waals surface area contributed by atoms with E-state index < -0.39 is 0 Å². The largest absolute Gasteiger partial charge is 0.378 e. The van der Waals surface area contributed by atoms with Gasteiger partial charge in [-0.05, 0) is 50.5 Å². The van der Waals surface area contributed by atoms with Gasteiger partial charge >= 0.3 is 0 Å². The van der Waals surface area contributed by atoms with Crippen LogP contribution in [0.4, 0.5) is 5.69 Å². The summed E-state index contributed by atoms with van der Waals surface area (Å²) < 4.78 is 5.30. The number of carbonyl (C=O) groups excluding carboxylic acids is 2. The molecule has 2 aliphatic rings. The standard InChI is InChI=1S/C18H25N3O3/c1-13-4-2-3-10-21(13)18(23)14-5-7-15(8-6-14)20-17(22)16-12-24-11-9-19-16/h5-8,13,16,19H,2-4,9-12H2,1H3,(H,20,22). The lowest BCUT2D eigenvalue weighted by atomic mass is 10.0. The zero-order chi connectivity index (χ0) is 16.9. The molecular weight excluding hydrogens is 306 g/mol. The molecule has 2 atom stereocenters. The number of hydrogen-bond donors (Lipinski definition) is 2. The van der Waals surface area contributed by atoms with E-state index in [2.05, 4.69) is 17.6 Å². The van der Waals surface area contributed by atoms with Crippen molar-refractivity contribution >= 4 is 17.5 Å². The first-order chi connectivity index (χ1) is 11.6. The predicted molar refractivity (Wildman–Crippen MR) is 92.0 cm³/mol. The molecule has 1 aromatic carbocycles. The molecule has 0 saturated carbocycles. The number of rotatable bonds is 3. The number of likely N-dealkylation sites (tertiary alicyclic amines) is 1. The van der Waals surface area contributed by atoms with Gasteiger partial charge in [-0.1, -0.05) is 0 Å². The number of nitrogens with zero attached hydrogens (tertiary/aromatic N) is 1. The van der Waals surface area contributed by atoms with Crippen molar-refractivity contribution in [2.45, 2.75) is 38.3 Å². The molecule has 2 unspecified atom stereocenters. The van der Waals surface area contributed by atoms with Gasteiger partial charge in [-0.2, -0.15) is 0 Å². The van der Waals surface area contributed by atoms with Crippen LogP contribution in [0.2, 0.25) is 0 Å². The molecule has 2 fully saturated rings. The summed E-state index contributed by atoms with van der Waals surface area (Å²) in [6.45, 7) is 4.63. The van der Waals surface area contributed by atoms with Crippen LogP contribution >= 0.6 is 0 Å². The Labute approximate surface area is 142 Å². The molecule has 0 radical (unpaired) electrons. The molecule has 2 aliphatic heterocycles. The third-order valence-electron chi connectivity index (χ3n) is 4.70. The molecular formula is C18H25N3O3. The van der Waals surface area contributed by atoms with Gasteiger partial charge < -0.3 is 20.3 Å². The van der Waals surface area contributed by atoms with Gasteiger partial charge in [-0.15, -0.1) is 0 Å². The first-order valence-corrected chi connectivity index (χ1v) is 8.68. The van der Waals surface area contributed by atoms with Gasteiger partial charge in [0, 0.05) is 30.4 Å². The fourth-order valence-electron chi connectivity index (χ4n) is 3.22. The summed E-state index contributed by atoms with van der Waals surface area (Å²) in [6, 6.07) is 7.10. The van der Waals surface area contributed by atoms with Crippen molar-refractivity contribution in [1.29, 1.82) is 0 Å². The minimum absolute atomic E-state index is 0.0717. The Morgan fingerprint density at radius 1 is 1.25 bits per heavy atom. The van der Waals surface area contributed by atoms with Crippen LogP contribution in [0.15, 0.2) is 24.3 Å². The van der Waals surface area contributed by atoms with Crippen molar-refractivity contribution in [3.8, 4) is 0 Å². The van der Waals surface area contributed by atoms with Crippen LogP contribution in [0, 0.1) is 0 Å². The van der Waals surface area contributed by atoms with E-state index in [4.69, 9.17) is 4.74 Å². The van der Waals surface area contributed by atoms with E-state index in [-0.39, 0.29) is 17.9 Å². The Bertz CT molecular complexity index is 582. The smallest absolute Gasteiger partial charge is 0.254 e. The van der Waals surface area contributed by atoms with Crippen molar-refractivity contribution in [1.82, 2.24) is 10.2 Å². The second-order valence-electron chi connectivity index (χ2n) is 6.49. The number of nitrogens with one attached hydrogen (secondary N) is 2. The van der Waals surface area contributed by atoms with E-state index >= 15 is 0 Å². The van der Waals surface area contributed by atoms with Crippen LogP contribution in [0.5, 0.6) is 0 Å². The molecule has 1 aromatic rings. The SMILES string of the molecule is CC1CCCCN1C(=O)c1ccc(NC(=O)C2COCCN2)cc1. The Hall–Kier alpha value is -1.92. The van der Waals surface area contributed by atoms with Crippen molar-refractivity contribution in [3.05, 3.63) is 29.8 Å². The first-order valence-electron chi connectivity index (χ1n) is 8.68. The third kappa shape index (κ3) is 3.94. The fourth-order valence-corrected chi connectivity index (χ4v) is 3.22. The molecule has 0 aromatic heterocycles. The van der Waals surface area contributed by atoms with E-state index in [0.29, 0.717) is 37.1 Å². The summed E-state index contributed by atoms with van der Waals surface area (Å²) in [4.78, 5) is 26.7. The average molecular weight is 331 g/mol. The summed E-state index contributed by atoms with van der Waals surface area (Å²) in [5.41, 5.74) is 1.36. The van der Waals surface area contributed by atoms with Crippen LogP contribution in [0.25, 0.3) is 0 Å². The number of piperidine rings is 1. The highest BCUT2D eigenvalue weighted by Gasteiger charge is 2.24. The molecule has 0 bridgehead atoms. The van der Waals surface area contributed by atoms with Crippen LogP contribution in [-0.4, -0.2) is 55.1 Å². The number of benzene rings is 1. The molecule has 2 heterocycles. The van der Waals surface area contributed by atoms with E-state index in [1.54, 1.807) is 24.3 Å². The first kappa shape index (κ1) is 16.9. The molecule has 2 saturated heterocycles. The molecule has 0 aliphatic carbocycles. The molecule has 3 rings (SSSR count). The van der Waals surface area contributed by atoms with Gasteiger partial charge in [-0.3, -0.25) is 9.59 Å². The highest BCUT2D eigenvalue weighted by Crippen LogP contribution is 2.20. The molecule has 2 N–H and O–H groups in total. The lowest BCUT2D eigenvalue weighted by Gasteiger charge is -2.33. The van der Waals surface area contributed by atoms with Crippen molar-refractivity contribution in [2.24, 2.45) is 0 Å². The van der Waals surface area contributed by atoms with Gasteiger partial charge in [0.05, 0.1) is 13.2 Å². The second kappa shape index (κ2) is 7.77. The number of anilines is 1. The van der Waals surface area contributed by atoms with Crippen LogP contribution in [0.3, 0.4) is 0 Å². The monoisotopic (exact) mass is 331 g/mol.